The summed E-state index contributed by atoms with van der Waals surface area (Å²) in [4.78, 5) is 16.1. The van der Waals surface area contributed by atoms with E-state index in [0.717, 1.165) is 71.7 Å². The third kappa shape index (κ3) is 6.11. The third-order valence-corrected chi connectivity index (χ3v) is 13.0. The van der Waals surface area contributed by atoms with Crippen molar-refractivity contribution in [1.82, 2.24) is 19.5 Å². The summed E-state index contributed by atoms with van der Waals surface area (Å²) in [5.41, 5.74) is 10.7. The average Bonchev–Trinajstić information content (AvgIpc) is 3.70. The number of benzene rings is 11. The number of aromatic nitrogens is 4. The molecule has 4 nitrogen and oxygen atoms in total. The Balaban J connectivity index is 1.21. The van der Waals surface area contributed by atoms with E-state index in [9.17, 15) is 0 Å². The summed E-state index contributed by atoms with van der Waals surface area (Å²) in [5, 5.41) is 11.6. The Labute approximate surface area is 375 Å². The van der Waals surface area contributed by atoms with Gasteiger partial charge in [0.2, 0.25) is 0 Å². The maximum atomic E-state index is 5.48. The van der Waals surface area contributed by atoms with Gasteiger partial charge in [0.1, 0.15) is 0 Å². The number of hydrogen-bond donors (Lipinski definition) is 0. The molecule has 0 radical (unpaired) electrons. The molecule has 11 aromatic carbocycles. The Morgan fingerprint density at radius 3 is 1.55 bits per heavy atom. The molecule has 302 valence electrons. The van der Waals surface area contributed by atoms with Crippen molar-refractivity contribution < 1.29 is 0 Å². The lowest BCUT2D eigenvalue weighted by Gasteiger charge is -2.21. The topological polar surface area (TPSA) is 43.6 Å². The minimum atomic E-state index is 0.611. The Kier molecular flexibility index (Phi) is 8.50. The Morgan fingerprint density at radius 2 is 0.815 bits per heavy atom. The Morgan fingerprint density at radius 1 is 0.262 bits per heavy atom. The lowest BCUT2D eigenvalue weighted by molar-refractivity contribution is 1.08. The molecule has 0 saturated carbocycles. The molecule has 0 N–H and O–H groups in total. The van der Waals surface area contributed by atoms with Gasteiger partial charge in [0.05, 0.1) is 16.7 Å². The van der Waals surface area contributed by atoms with Crippen molar-refractivity contribution in [2.45, 2.75) is 0 Å². The second-order valence-electron chi connectivity index (χ2n) is 16.7. The molecule has 2 heterocycles. The third-order valence-electron chi connectivity index (χ3n) is 13.0. The van der Waals surface area contributed by atoms with Gasteiger partial charge in [-0.05, 0) is 73.3 Å². The zero-order valence-corrected chi connectivity index (χ0v) is 35.2. The fourth-order valence-electron chi connectivity index (χ4n) is 9.93. The highest BCUT2D eigenvalue weighted by Gasteiger charge is 2.25. The van der Waals surface area contributed by atoms with Crippen molar-refractivity contribution in [1.29, 1.82) is 0 Å². The van der Waals surface area contributed by atoms with E-state index in [0.29, 0.717) is 17.5 Å². The molecule has 65 heavy (non-hydrogen) atoms. The summed E-state index contributed by atoms with van der Waals surface area (Å²) in [6.07, 6.45) is 0. The van der Waals surface area contributed by atoms with E-state index in [2.05, 4.69) is 217 Å². The quantitative estimate of drug-likeness (QED) is 0.168. The maximum absolute atomic E-state index is 5.48. The minimum absolute atomic E-state index is 0.611. The van der Waals surface area contributed by atoms with E-state index in [1.165, 1.54) is 37.8 Å². The molecular formula is C61H38N4. The molecule has 13 aromatic rings. The molecule has 0 saturated heterocycles. The van der Waals surface area contributed by atoms with Crippen molar-refractivity contribution in [2.24, 2.45) is 0 Å². The molecule has 2 aromatic heterocycles. The van der Waals surface area contributed by atoms with Gasteiger partial charge >= 0.3 is 0 Å². The molecule has 0 aliphatic heterocycles. The summed E-state index contributed by atoms with van der Waals surface area (Å²) in [7, 11) is 0. The number of fused-ring (bicyclic) bond motifs is 8. The van der Waals surface area contributed by atoms with Crippen molar-refractivity contribution in [3.63, 3.8) is 0 Å². The molecule has 0 fully saturated rings. The van der Waals surface area contributed by atoms with Gasteiger partial charge < -0.3 is 4.57 Å². The first-order chi connectivity index (χ1) is 32.2. The fourth-order valence-corrected chi connectivity index (χ4v) is 9.93. The van der Waals surface area contributed by atoms with Gasteiger partial charge in [0, 0.05) is 43.8 Å². The van der Waals surface area contributed by atoms with Crippen LogP contribution in [0.2, 0.25) is 0 Å². The van der Waals surface area contributed by atoms with Crippen LogP contribution >= 0.6 is 0 Å². The number of nitrogens with zero attached hydrogens (tertiary/aromatic N) is 4. The highest BCUT2D eigenvalue weighted by molar-refractivity contribution is 6.22. The van der Waals surface area contributed by atoms with Gasteiger partial charge in [-0.15, -0.1) is 0 Å². The highest BCUT2D eigenvalue weighted by Crippen LogP contribution is 2.46. The van der Waals surface area contributed by atoms with Gasteiger partial charge in [-0.2, -0.15) is 0 Å². The van der Waals surface area contributed by atoms with E-state index < -0.39 is 0 Å². The molecule has 0 spiro atoms. The standard InChI is InChI=1S/C61H38N4/c1-4-17-39(18-5-1)46-32-34-49-53(35-46)55(61-63-59(43-23-8-3-9-24-43)62-60(64-61)51-30-16-27-40-21-12-14-28-47(40)51)38-52(41-19-6-2-7-20-41)58(49)65-56-37-45-26-11-10-25-44(45)36-54(56)50-33-31-42-22-13-15-29-48(42)57(50)65/h1-38H. The van der Waals surface area contributed by atoms with E-state index in [1.807, 2.05) is 18.2 Å². The van der Waals surface area contributed by atoms with Gasteiger partial charge in [0.15, 0.2) is 17.5 Å². The van der Waals surface area contributed by atoms with E-state index in [4.69, 9.17) is 15.0 Å². The Hall–Kier alpha value is -8.73. The predicted molar refractivity (Wildman–Crippen MR) is 271 cm³/mol. The summed E-state index contributed by atoms with van der Waals surface area (Å²) in [5.74, 6) is 1.86. The van der Waals surface area contributed by atoms with Crippen LogP contribution in [0.4, 0.5) is 0 Å². The van der Waals surface area contributed by atoms with Crippen LogP contribution < -0.4 is 0 Å². The molecule has 0 bridgehead atoms. The SMILES string of the molecule is c1ccc(-c2ccc3c(-n4c5cc6ccccc6cc5c5ccc6ccccc6c54)c(-c4ccccc4)cc(-c4nc(-c5ccccc5)nc(-c5cccc6ccccc56)n4)c3c2)cc1. The van der Waals surface area contributed by atoms with Crippen LogP contribution in [0.15, 0.2) is 231 Å². The zero-order valence-electron chi connectivity index (χ0n) is 35.2. The van der Waals surface area contributed by atoms with Crippen molar-refractivity contribution >= 4 is 64.9 Å². The van der Waals surface area contributed by atoms with Crippen LogP contribution in [-0.2, 0) is 0 Å². The molecule has 0 unspecified atom stereocenters. The van der Waals surface area contributed by atoms with E-state index >= 15 is 0 Å². The summed E-state index contributed by atoms with van der Waals surface area (Å²) >= 11 is 0. The maximum Gasteiger partial charge on any atom is 0.164 e. The first-order valence-corrected chi connectivity index (χ1v) is 22.1. The first-order valence-electron chi connectivity index (χ1n) is 22.1. The fraction of sp³-hybridized carbons (Fsp3) is 0. The van der Waals surface area contributed by atoms with Crippen LogP contribution in [-0.4, -0.2) is 19.5 Å². The van der Waals surface area contributed by atoms with Gasteiger partial charge in [-0.3, -0.25) is 0 Å². The lowest BCUT2D eigenvalue weighted by Crippen LogP contribution is -2.04. The van der Waals surface area contributed by atoms with Crippen LogP contribution in [0, 0.1) is 0 Å². The molecule has 0 aliphatic carbocycles. The molecule has 0 aliphatic rings. The minimum Gasteiger partial charge on any atom is -0.307 e. The molecule has 0 amide bonds. The number of hydrogen-bond acceptors (Lipinski definition) is 3. The van der Waals surface area contributed by atoms with Crippen LogP contribution in [0.25, 0.3) is 127 Å². The van der Waals surface area contributed by atoms with Gasteiger partial charge in [0.25, 0.3) is 0 Å². The van der Waals surface area contributed by atoms with Crippen molar-refractivity contribution in [3.05, 3.63) is 231 Å². The predicted octanol–water partition coefficient (Wildman–Crippen LogP) is 15.9. The Bertz CT molecular complexity index is 3980. The molecule has 13 rings (SSSR count). The largest absolute Gasteiger partial charge is 0.307 e. The van der Waals surface area contributed by atoms with E-state index in [-0.39, 0.29) is 0 Å². The molecule has 0 atom stereocenters. The lowest BCUT2D eigenvalue weighted by atomic mass is 9.91. The second kappa shape index (κ2) is 15.0. The van der Waals surface area contributed by atoms with Crippen LogP contribution in [0.1, 0.15) is 0 Å². The van der Waals surface area contributed by atoms with Crippen LogP contribution in [0.3, 0.4) is 0 Å². The normalized spacial score (nSPS) is 11.7. The summed E-state index contributed by atoms with van der Waals surface area (Å²) in [6, 6.07) is 82.5. The van der Waals surface area contributed by atoms with Gasteiger partial charge in [-0.1, -0.05) is 206 Å². The second-order valence-corrected chi connectivity index (χ2v) is 16.7. The van der Waals surface area contributed by atoms with Crippen LogP contribution in [0.5, 0.6) is 0 Å². The summed E-state index contributed by atoms with van der Waals surface area (Å²) < 4.78 is 2.54. The summed E-state index contributed by atoms with van der Waals surface area (Å²) in [6.45, 7) is 0. The number of rotatable bonds is 6. The molecular weight excluding hydrogens is 789 g/mol. The zero-order chi connectivity index (χ0) is 42.8. The van der Waals surface area contributed by atoms with E-state index in [1.54, 1.807) is 0 Å². The monoisotopic (exact) mass is 826 g/mol. The average molecular weight is 827 g/mol. The smallest absolute Gasteiger partial charge is 0.164 e. The molecule has 4 heteroatoms. The van der Waals surface area contributed by atoms with Crippen molar-refractivity contribution in [2.75, 3.05) is 0 Å². The van der Waals surface area contributed by atoms with Crippen molar-refractivity contribution in [3.8, 4) is 62.1 Å². The first kappa shape index (κ1) is 36.9. The highest BCUT2D eigenvalue weighted by atomic mass is 15.0. The van der Waals surface area contributed by atoms with Gasteiger partial charge in [-0.25, -0.2) is 15.0 Å².